The van der Waals surface area contributed by atoms with Crippen molar-refractivity contribution in [2.45, 2.75) is 19.4 Å². The maximum Gasteiger partial charge on any atom is 0.126 e. The van der Waals surface area contributed by atoms with Crippen molar-refractivity contribution in [3.8, 4) is 0 Å². The zero-order chi connectivity index (χ0) is 14.9. The first-order valence-electron chi connectivity index (χ1n) is 6.60. The molecular weight excluding hydrogens is 260 g/mol. The van der Waals surface area contributed by atoms with Gasteiger partial charge in [0.15, 0.2) is 0 Å². The van der Waals surface area contributed by atoms with Crippen molar-refractivity contribution < 1.29 is 8.78 Å². The van der Waals surface area contributed by atoms with E-state index in [1.807, 2.05) is 14.0 Å². The third kappa shape index (κ3) is 2.72. The summed E-state index contributed by atoms with van der Waals surface area (Å²) in [4.78, 5) is 2.09. The Balaban J connectivity index is 2.50. The Labute approximate surface area is 117 Å². The van der Waals surface area contributed by atoms with Crippen LogP contribution in [0.4, 0.5) is 8.78 Å². The van der Waals surface area contributed by atoms with Gasteiger partial charge in [-0.2, -0.15) is 0 Å². The molecule has 1 saturated heterocycles. The molecule has 0 aliphatic carbocycles. The summed E-state index contributed by atoms with van der Waals surface area (Å²) < 4.78 is 26.8. The minimum atomic E-state index is -0.610. The summed E-state index contributed by atoms with van der Waals surface area (Å²) in [5.74, 6) is -1.22. The van der Waals surface area contributed by atoms with Crippen molar-refractivity contribution in [3.63, 3.8) is 0 Å². The van der Waals surface area contributed by atoms with Crippen LogP contribution in [-0.4, -0.2) is 37.3 Å². The van der Waals surface area contributed by atoms with Gasteiger partial charge >= 0.3 is 0 Å². The van der Waals surface area contributed by atoms with Crippen LogP contribution >= 0.6 is 0 Å². The minimum Gasteiger partial charge on any atom is -0.387 e. The molecule has 0 bridgehead atoms. The zero-order valence-corrected chi connectivity index (χ0v) is 11.9. The van der Waals surface area contributed by atoms with E-state index >= 15 is 0 Å². The smallest absolute Gasteiger partial charge is 0.126 e. The quantitative estimate of drug-likeness (QED) is 0.873. The van der Waals surface area contributed by atoms with E-state index in [0.29, 0.717) is 23.4 Å². The summed E-state index contributed by atoms with van der Waals surface area (Å²) in [5, 5.41) is 11.2. The van der Waals surface area contributed by atoms with E-state index in [9.17, 15) is 8.78 Å². The van der Waals surface area contributed by atoms with Crippen LogP contribution in [0.25, 0.3) is 5.70 Å². The van der Waals surface area contributed by atoms with E-state index in [1.165, 1.54) is 12.1 Å². The second kappa shape index (κ2) is 5.71. The SMILES string of the molecule is CN/C(=C1/CCN(C)C(C)C1=N)c1cc(F)cc(F)c1. The molecule has 1 fully saturated rings. The third-order valence-corrected chi connectivity index (χ3v) is 3.82. The predicted octanol–water partition coefficient (Wildman–Crippen LogP) is 2.64. The second-order valence-corrected chi connectivity index (χ2v) is 5.08. The molecule has 3 nitrogen and oxygen atoms in total. The van der Waals surface area contributed by atoms with E-state index in [1.54, 1.807) is 7.05 Å². The third-order valence-electron chi connectivity index (χ3n) is 3.82. The molecule has 1 aromatic carbocycles. The summed E-state index contributed by atoms with van der Waals surface area (Å²) in [6.45, 7) is 2.78. The first-order valence-corrected chi connectivity index (χ1v) is 6.60. The molecule has 1 unspecified atom stereocenters. The number of benzene rings is 1. The van der Waals surface area contributed by atoms with Crippen LogP contribution in [0.3, 0.4) is 0 Å². The first-order chi connectivity index (χ1) is 9.43. The molecule has 1 atom stereocenters. The normalized spacial score (nSPS) is 22.9. The Hall–Kier alpha value is -1.75. The summed E-state index contributed by atoms with van der Waals surface area (Å²) in [7, 11) is 3.68. The Morgan fingerprint density at radius 3 is 2.45 bits per heavy atom. The average Bonchev–Trinajstić information content (AvgIpc) is 2.38. The van der Waals surface area contributed by atoms with E-state index < -0.39 is 11.6 Å². The van der Waals surface area contributed by atoms with Gasteiger partial charge in [0, 0.05) is 37.0 Å². The van der Waals surface area contributed by atoms with Crippen LogP contribution in [0, 0.1) is 17.0 Å². The molecule has 0 amide bonds. The van der Waals surface area contributed by atoms with Crippen LogP contribution in [-0.2, 0) is 0 Å². The molecule has 0 radical (unpaired) electrons. The highest BCUT2D eigenvalue weighted by atomic mass is 19.1. The first kappa shape index (κ1) is 14.7. The molecule has 20 heavy (non-hydrogen) atoms. The van der Waals surface area contributed by atoms with Gasteiger partial charge in [-0.15, -0.1) is 0 Å². The van der Waals surface area contributed by atoms with Gasteiger partial charge in [-0.25, -0.2) is 8.78 Å². The van der Waals surface area contributed by atoms with E-state index in [-0.39, 0.29) is 6.04 Å². The fourth-order valence-corrected chi connectivity index (χ4v) is 2.52. The molecule has 1 aromatic rings. The fraction of sp³-hybridized carbons (Fsp3) is 0.400. The van der Waals surface area contributed by atoms with Crippen LogP contribution in [0.1, 0.15) is 18.9 Å². The number of rotatable bonds is 2. The number of piperidine rings is 1. The van der Waals surface area contributed by atoms with Crippen molar-refractivity contribution >= 4 is 11.4 Å². The van der Waals surface area contributed by atoms with Crippen LogP contribution in [0.5, 0.6) is 0 Å². The van der Waals surface area contributed by atoms with E-state index in [0.717, 1.165) is 18.2 Å². The average molecular weight is 279 g/mol. The molecule has 2 N–H and O–H groups in total. The lowest BCUT2D eigenvalue weighted by atomic mass is 9.91. The maximum atomic E-state index is 13.4. The number of halogens is 2. The highest BCUT2D eigenvalue weighted by Crippen LogP contribution is 2.26. The van der Waals surface area contributed by atoms with E-state index in [2.05, 4.69) is 10.2 Å². The Kier molecular flexibility index (Phi) is 4.18. The van der Waals surface area contributed by atoms with Crippen molar-refractivity contribution in [2.75, 3.05) is 20.6 Å². The molecule has 108 valence electrons. The van der Waals surface area contributed by atoms with Gasteiger partial charge in [0.1, 0.15) is 11.6 Å². The number of nitrogens with one attached hydrogen (secondary N) is 2. The van der Waals surface area contributed by atoms with Crippen LogP contribution < -0.4 is 5.32 Å². The summed E-state index contributed by atoms with van der Waals surface area (Å²) in [6.07, 6.45) is 0.688. The van der Waals surface area contributed by atoms with Gasteiger partial charge in [-0.3, -0.25) is 4.90 Å². The van der Waals surface area contributed by atoms with Crippen molar-refractivity contribution in [1.29, 1.82) is 5.41 Å². The van der Waals surface area contributed by atoms with Gasteiger partial charge < -0.3 is 10.7 Å². The Morgan fingerprint density at radius 1 is 1.30 bits per heavy atom. The molecule has 2 rings (SSSR count). The molecular formula is C15H19F2N3. The number of hydrogen-bond acceptors (Lipinski definition) is 3. The molecule has 5 heteroatoms. The Morgan fingerprint density at radius 2 is 1.90 bits per heavy atom. The van der Waals surface area contributed by atoms with Crippen LogP contribution in [0.2, 0.25) is 0 Å². The number of nitrogens with zero attached hydrogens (tertiary/aromatic N) is 1. The lowest BCUT2D eigenvalue weighted by molar-refractivity contribution is 0.302. The Bertz CT molecular complexity index is 546. The largest absolute Gasteiger partial charge is 0.387 e. The summed E-state index contributed by atoms with van der Waals surface area (Å²) in [6, 6.07) is 3.43. The zero-order valence-electron chi connectivity index (χ0n) is 11.9. The molecule has 0 saturated carbocycles. The van der Waals surface area contributed by atoms with Gasteiger partial charge in [-0.1, -0.05) is 0 Å². The standard InChI is InChI=1S/C15H19F2N3/c1-9-14(18)13(4-5-20(9)3)15(19-2)10-6-11(16)8-12(17)7-10/h6-9,18-19H,4-5H2,1-3H3/b15-13-,18-14?. The van der Waals surface area contributed by atoms with Gasteiger partial charge in [-0.05, 0) is 38.1 Å². The molecule has 1 heterocycles. The second-order valence-electron chi connectivity index (χ2n) is 5.08. The monoisotopic (exact) mass is 279 g/mol. The van der Waals surface area contributed by atoms with Crippen molar-refractivity contribution in [3.05, 3.63) is 41.0 Å². The molecule has 1 aliphatic rings. The van der Waals surface area contributed by atoms with Crippen LogP contribution in [0.15, 0.2) is 23.8 Å². The summed E-state index contributed by atoms with van der Waals surface area (Å²) >= 11 is 0. The lowest BCUT2D eigenvalue weighted by Gasteiger charge is -2.33. The number of hydrogen-bond donors (Lipinski definition) is 2. The van der Waals surface area contributed by atoms with Crippen molar-refractivity contribution in [2.24, 2.45) is 0 Å². The predicted molar refractivity (Wildman–Crippen MR) is 76.8 cm³/mol. The maximum absolute atomic E-state index is 13.4. The topological polar surface area (TPSA) is 39.1 Å². The van der Waals surface area contributed by atoms with E-state index in [4.69, 9.17) is 5.41 Å². The molecule has 1 aliphatic heterocycles. The number of likely N-dealkylation sites (tertiary alicyclic amines) is 1. The van der Waals surface area contributed by atoms with Gasteiger partial charge in [0.2, 0.25) is 0 Å². The van der Waals surface area contributed by atoms with Gasteiger partial charge in [0.25, 0.3) is 0 Å². The fourth-order valence-electron chi connectivity index (χ4n) is 2.52. The minimum absolute atomic E-state index is 0.000469. The molecule has 0 aromatic heterocycles. The molecule has 0 spiro atoms. The lowest BCUT2D eigenvalue weighted by Crippen LogP contribution is -2.42. The highest BCUT2D eigenvalue weighted by molar-refractivity contribution is 6.07. The summed E-state index contributed by atoms with van der Waals surface area (Å²) in [5.41, 5.74) is 2.39. The van der Waals surface area contributed by atoms with Crippen molar-refractivity contribution in [1.82, 2.24) is 10.2 Å². The highest BCUT2D eigenvalue weighted by Gasteiger charge is 2.26. The van der Waals surface area contributed by atoms with Gasteiger partial charge in [0.05, 0.1) is 5.71 Å².